The number of likely N-dealkylation sites (N-methyl/N-ethyl adjacent to an activating group) is 1. The molecule has 2 unspecified atom stereocenters. The van der Waals surface area contributed by atoms with Crippen molar-refractivity contribution in [2.45, 2.75) is 18.6 Å². The number of benzene rings is 2. The van der Waals surface area contributed by atoms with E-state index in [9.17, 15) is 5.11 Å². The van der Waals surface area contributed by atoms with E-state index >= 15 is 0 Å². The van der Waals surface area contributed by atoms with Crippen LogP contribution in [0.15, 0.2) is 36.4 Å². The fourth-order valence-corrected chi connectivity index (χ4v) is 3.87. The molecule has 1 N–H and O–H groups in total. The molecule has 6 heteroatoms. The fraction of sp³-hybridized carbons (Fsp3) is 0.316. The van der Waals surface area contributed by atoms with Crippen LogP contribution >= 0.6 is 23.2 Å². The van der Waals surface area contributed by atoms with Crippen molar-refractivity contribution in [3.63, 3.8) is 0 Å². The molecule has 0 aliphatic heterocycles. The normalized spacial score (nSPS) is 18.9. The van der Waals surface area contributed by atoms with E-state index in [1.54, 1.807) is 24.3 Å². The van der Waals surface area contributed by atoms with Gasteiger partial charge in [0.15, 0.2) is 0 Å². The maximum Gasteiger partial charge on any atom is 0.137 e. The summed E-state index contributed by atoms with van der Waals surface area (Å²) in [7, 11) is 1.93. The Hall–Kier alpha value is -1.77. The summed E-state index contributed by atoms with van der Waals surface area (Å²) < 4.78 is 5.73. The van der Waals surface area contributed by atoms with E-state index in [2.05, 4.69) is 6.07 Å². The number of hydrogen-bond acceptors (Lipinski definition) is 4. The van der Waals surface area contributed by atoms with E-state index in [-0.39, 0.29) is 6.04 Å². The van der Waals surface area contributed by atoms with Gasteiger partial charge < -0.3 is 9.84 Å². The first-order chi connectivity index (χ1) is 12.0. The molecule has 25 heavy (non-hydrogen) atoms. The summed E-state index contributed by atoms with van der Waals surface area (Å²) in [5.41, 5.74) is 2.42. The van der Waals surface area contributed by atoms with Crippen LogP contribution in [0.4, 0.5) is 0 Å². The van der Waals surface area contributed by atoms with Gasteiger partial charge in [-0.25, -0.2) is 0 Å². The summed E-state index contributed by atoms with van der Waals surface area (Å²) in [5, 5.41) is 20.7. The Morgan fingerprint density at radius 2 is 2.08 bits per heavy atom. The maximum atomic E-state index is 10.5. The van der Waals surface area contributed by atoms with Gasteiger partial charge in [-0.15, -0.1) is 0 Å². The van der Waals surface area contributed by atoms with Crippen LogP contribution in [0, 0.1) is 11.3 Å². The van der Waals surface area contributed by atoms with E-state index in [0.717, 1.165) is 11.1 Å². The Balaban J connectivity index is 1.69. The molecule has 3 rings (SSSR count). The lowest BCUT2D eigenvalue weighted by molar-refractivity contribution is 0.0686. The predicted molar refractivity (Wildman–Crippen MR) is 98.2 cm³/mol. The van der Waals surface area contributed by atoms with Crippen molar-refractivity contribution in [3.05, 3.63) is 63.1 Å². The lowest BCUT2D eigenvalue weighted by atomic mass is 10.1. The Labute approximate surface area is 157 Å². The number of rotatable bonds is 5. The molecule has 130 valence electrons. The van der Waals surface area contributed by atoms with Gasteiger partial charge in [-0.2, -0.15) is 5.26 Å². The standard InChI is InChI=1S/C19H18Cl2N2O2/c1-23(6-7-25-18-5-3-2-4-12(18)11-22)19-15-8-13(20)9-16(21)14(15)10-17(19)24/h2-5,8-9,17,19,24H,6-7,10H2,1H3. The smallest absolute Gasteiger partial charge is 0.137 e. The molecule has 2 aromatic rings. The average molecular weight is 377 g/mol. The molecule has 2 aromatic carbocycles. The molecule has 0 amide bonds. The van der Waals surface area contributed by atoms with Gasteiger partial charge in [0.25, 0.3) is 0 Å². The van der Waals surface area contributed by atoms with Crippen molar-refractivity contribution >= 4 is 23.2 Å². The molecule has 0 fully saturated rings. The first-order valence-corrected chi connectivity index (χ1v) is 8.75. The summed E-state index contributed by atoms with van der Waals surface area (Å²) in [4.78, 5) is 2.03. The van der Waals surface area contributed by atoms with Crippen LogP contribution in [0.2, 0.25) is 10.0 Å². The second kappa shape index (κ2) is 7.63. The monoisotopic (exact) mass is 376 g/mol. The number of fused-ring (bicyclic) bond motifs is 1. The summed E-state index contributed by atoms with van der Waals surface area (Å²) in [6.45, 7) is 0.993. The Bertz CT molecular complexity index is 820. The van der Waals surface area contributed by atoms with Gasteiger partial charge in [0, 0.05) is 23.0 Å². The molecule has 0 saturated carbocycles. The molecule has 0 spiro atoms. The minimum absolute atomic E-state index is 0.180. The Morgan fingerprint density at radius 1 is 1.32 bits per heavy atom. The number of aliphatic hydroxyl groups excluding tert-OH is 1. The number of ether oxygens (including phenoxy) is 1. The van der Waals surface area contributed by atoms with Crippen molar-refractivity contribution < 1.29 is 9.84 Å². The van der Waals surface area contributed by atoms with Gasteiger partial charge in [-0.1, -0.05) is 35.3 Å². The second-order valence-electron chi connectivity index (χ2n) is 6.11. The average Bonchev–Trinajstić information content (AvgIpc) is 2.91. The van der Waals surface area contributed by atoms with Crippen LogP contribution in [0.1, 0.15) is 22.7 Å². The van der Waals surface area contributed by atoms with Crippen LogP contribution in [0.25, 0.3) is 0 Å². The van der Waals surface area contributed by atoms with Gasteiger partial charge in [0.05, 0.1) is 17.7 Å². The Morgan fingerprint density at radius 3 is 2.84 bits per heavy atom. The first kappa shape index (κ1) is 18.0. The van der Waals surface area contributed by atoms with E-state index in [1.165, 1.54) is 0 Å². The van der Waals surface area contributed by atoms with Crippen molar-refractivity contribution in [2.75, 3.05) is 20.2 Å². The van der Waals surface area contributed by atoms with Crippen LogP contribution < -0.4 is 4.74 Å². The fourth-order valence-electron chi connectivity index (χ4n) is 3.29. The van der Waals surface area contributed by atoms with Crippen molar-refractivity contribution in [1.82, 2.24) is 4.90 Å². The number of para-hydroxylation sites is 1. The SMILES string of the molecule is CN(CCOc1ccccc1C#N)C1c2cc(Cl)cc(Cl)c2CC1O. The highest BCUT2D eigenvalue weighted by Crippen LogP contribution is 2.40. The third-order valence-corrected chi connectivity index (χ3v) is 5.03. The number of aliphatic hydroxyl groups is 1. The quantitative estimate of drug-likeness (QED) is 0.861. The predicted octanol–water partition coefficient (Wildman–Crippen LogP) is 3.83. The molecule has 0 aromatic heterocycles. The number of halogens is 2. The van der Waals surface area contributed by atoms with Gasteiger partial charge in [0.1, 0.15) is 18.4 Å². The largest absolute Gasteiger partial charge is 0.491 e. The van der Waals surface area contributed by atoms with Gasteiger partial charge in [-0.05, 0) is 42.4 Å². The molecule has 0 heterocycles. The molecular formula is C19H18Cl2N2O2. The lowest BCUT2D eigenvalue weighted by Gasteiger charge is -2.28. The van der Waals surface area contributed by atoms with Crippen LogP contribution in [-0.2, 0) is 6.42 Å². The highest BCUT2D eigenvalue weighted by Gasteiger charge is 2.35. The number of nitrogens with zero attached hydrogens (tertiary/aromatic N) is 2. The summed E-state index contributed by atoms with van der Waals surface area (Å²) in [5.74, 6) is 0.567. The minimum atomic E-state index is -0.539. The molecule has 0 bridgehead atoms. The van der Waals surface area contributed by atoms with E-state index in [4.69, 9.17) is 33.2 Å². The van der Waals surface area contributed by atoms with Gasteiger partial charge >= 0.3 is 0 Å². The molecular weight excluding hydrogens is 359 g/mol. The first-order valence-electron chi connectivity index (χ1n) is 7.99. The van der Waals surface area contributed by atoms with Crippen LogP contribution in [0.5, 0.6) is 5.75 Å². The molecule has 0 radical (unpaired) electrons. The second-order valence-corrected chi connectivity index (χ2v) is 6.95. The van der Waals surface area contributed by atoms with Crippen molar-refractivity contribution in [2.24, 2.45) is 0 Å². The van der Waals surface area contributed by atoms with E-state index in [1.807, 2.05) is 24.1 Å². The molecule has 2 atom stereocenters. The minimum Gasteiger partial charge on any atom is -0.491 e. The topological polar surface area (TPSA) is 56.5 Å². The lowest BCUT2D eigenvalue weighted by Crippen LogP contribution is -2.34. The third-order valence-electron chi connectivity index (χ3n) is 4.48. The number of nitriles is 1. The molecule has 0 saturated heterocycles. The molecule has 1 aliphatic carbocycles. The Kier molecular flexibility index (Phi) is 5.51. The van der Waals surface area contributed by atoms with Gasteiger partial charge in [0.2, 0.25) is 0 Å². The molecule has 4 nitrogen and oxygen atoms in total. The zero-order valence-electron chi connectivity index (χ0n) is 13.7. The van der Waals surface area contributed by atoms with Crippen molar-refractivity contribution in [1.29, 1.82) is 5.26 Å². The highest BCUT2D eigenvalue weighted by molar-refractivity contribution is 6.35. The van der Waals surface area contributed by atoms with E-state index < -0.39 is 6.10 Å². The number of hydrogen-bond donors (Lipinski definition) is 1. The zero-order chi connectivity index (χ0) is 18.0. The van der Waals surface area contributed by atoms with Crippen LogP contribution in [0.3, 0.4) is 0 Å². The summed E-state index contributed by atoms with van der Waals surface area (Å²) in [6.07, 6.45) is -0.0271. The molecule has 1 aliphatic rings. The van der Waals surface area contributed by atoms with Crippen molar-refractivity contribution in [3.8, 4) is 11.8 Å². The zero-order valence-corrected chi connectivity index (χ0v) is 15.3. The highest BCUT2D eigenvalue weighted by atomic mass is 35.5. The third kappa shape index (κ3) is 3.75. The summed E-state index contributed by atoms with van der Waals surface area (Å²) in [6, 6.07) is 12.6. The van der Waals surface area contributed by atoms with Gasteiger partial charge in [-0.3, -0.25) is 4.90 Å². The van der Waals surface area contributed by atoms with Crippen LogP contribution in [-0.4, -0.2) is 36.3 Å². The summed E-state index contributed by atoms with van der Waals surface area (Å²) >= 11 is 12.4. The maximum absolute atomic E-state index is 10.5. The van der Waals surface area contributed by atoms with E-state index in [0.29, 0.717) is 40.9 Å².